The lowest BCUT2D eigenvalue weighted by atomic mass is 10.0. The van der Waals surface area contributed by atoms with Crippen LogP contribution in [0.5, 0.6) is 5.75 Å². The zero-order chi connectivity index (χ0) is 24.7. The largest absolute Gasteiger partial charge is 0.492 e. The van der Waals surface area contributed by atoms with Crippen molar-refractivity contribution < 1.29 is 17.9 Å². The van der Waals surface area contributed by atoms with E-state index in [1.165, 1.54) is 18.2 Å². The van der Waals surface area contributed by atoms with Gasteiger partial charge in [0.25, 0.3) is 0 Å². The number of halogens is 2. The maximum absolute atomic E-state index is 13.2. The number of hydrogen-bond donors (Lipinski definition) is 2. The lowest BCUT2D eigenvalue weighted by Crippen LogP contribution is -2.48. The molecule has 2 atom stereocenters. The first-order chi connectivity index (χ1) is 16.2. The van der Waals surface area contributed by atoms with Crippen molar-refractivity contribution in [2.24, 2.45) is 0 Å². The average molecular weight is 566 g/mol. The molecule has 0 spiro atoms. The average Bonchev–Trinajstić information content (AvgIpc) is 2.80. The predicted octanol–water partition coefficient (Wildman–Crippen LogP) is 5.27. The van der Waals surface area contributed by atoms with Gasteiger partial charge in [0.1, 0.15) is 11.8 Å². The molecule has 0 aliphatic heterocycles. The predicted molar refractivity (Wildman–Crippen MR) is 138 cm³/mol. The van der Waals surface area contributed by atoms with Crippen LogP contribution in [-0.2, 0) is 21.2 Å². The summed E-state index contributed by atoms with van der Waals surface area (Å²) in [6, 6.07) is 19.7. The summed E-state index contributed by atoms with van der Waals surface area (Å²) >= 11 is 9.62. The van der Waals surface area contributed by atoms with E-state index in [4.69, 9.17) is 16.3 Å². The van der Waals surface area contributed by atoms with Crippen LogP contribution in [0, 0.1) is 0 Å². The molecule has 0 saturated heterocycles. The van der Waals surface area contributed by atoms with E-state index in [9.17, 15) is 13.2 Å². The van der Waals surface area contributed by atoms with E-state index in [2.05, 4.69) is 26.0 Å². The maximum atomic E-state index is 13.2. The van der Waals surface area contributed by atoms with Crippen LogP contribution in [0.3, 0.4) is 0 Å². The fourth-order valence-corrected chi connectivity index (χ4v) is 5.33. The quantitative estimate of drug-likeness (QED) is 0.351. The summed E-state index contributed by atoms with van der Waals surface area (Å²) in [5.41, 5.74) is 1.72. The van der Waals surface area contributed by atoms with Gasteiger partial charge in [-0.25, -0.2) is 8.42 Å². The molecule has 0 heterocycles. The highest BCUT2D eigenvalue weighted by molar-refractivity contribution is 9.10. The molecule has 0 saturated carbocycles. The highest BCUT2D eigenvalue weighted by Crippen LogP contribution is 2.27. The van der Waals surface area contributed by atoms with Crippen LogP contribution >= 0.6 is 27.5 Å². The first kappa shape index (κ1) is 26.2. The van der Waals surface area contributed by atoms with Crippen LogP contribution in [0.15, 0.2) is 82.2 Å². The molecule has 0 radical (unpaired) electrons. The summed E-state index contributed by atoms with van der Waals surface area (Å²) < 4.78 is 35.2. The summed E-state index contributed by atoms with van der Waals surface area (Å²) in [7, 11) is -4.04. The van der Waals surface area contributed by atoms with Crippen LogP contribution in [0.25, 0.3) is 0 Å². The van der Waals surface area contributed by atoms with Crippen molar-refractivity contribution in [1.29, 1.82) is 0 Å². The first-order valence-electron chi connectivity index (χ1n) is 10.7. The van der Waals surface area contributed by atoms with Crippen LogP contribution < -0.4 is 14.8 Å². The second-order valence-electron chi connectivity index (χ2n) is 7.67. The summed E-state index contributed by atoms with van der Waals surface area (Å²) in [6.45, 7) is 4.06. The highest BCUT2D eigenvalue weighted by atomic mass is 79.9. The monoisotopic (exact) mass is 564 g/mol. The van der Waals surface area contributed by atoms with Gasteiger partial charge in [-0.3, -0.25) is 4.79 Å². The van der Waals surface area contributed by atoms with Crippen molar-refractivity contribution in [2.75, 3.05) is 6.61 Å². The van der Waals surface area contributed by atoms with Crippen molar-refractivity contribution >= 4 is 43.5 Å². The smallest absolute Gasteiger partial charge is 0.241 e. The van der Waals surface area contributed by atoms with Gasteiger partial charge in [-0.2, -0.15) is 4.72 Å². The van der Waals surface area contributed by atoms with Gasteiger partial charge in [0, 0.05) is 4.47 Å². The highest BCUT2D eigenvalue weighted by Gasteiger charge is 2.28. The molecule has 3 aromatic carbocycles. The number of amides is 1. The summed E-state index contributed by atoms with van der Waals surface area (Å²) in [5, 5.41) is 3.10. The summed E-state index contributed by atoms with van der Waals surface area (Å²) in [6.07, 6.45) is 0.182. The minimum Gasteiger partial charge on any atom is -0.492 e. The summed E-state index contributed by atoms with van der Waals surface area (Å²) in [5.74, 6) is -0.0403. The topological polar surface area (TPSA) is 84.5 Å². The Morgan fingerprint density at radius 3 is 2.44 bits per heavy atom. The van der Waals surface area contributed by atoms with Crippen LogP contribution in [0.1, 0.15) is 31.0 Å². The van der Waals surface area contributed by atoms with Crippen molar-refractivity contribution in [3.05, 3.63) is 93.4 Å². The zero-order valence-electron chi connectivity index (χ0n) is 18.8. The third-order valence-electron chi connectivity index (χ3n) is 5.12. The Morgan fingerprint density at radius 2 is 1.79 bits per heavy atom. The van der Waals surface area contributed by atoms with E-state index >= 15 is 0 Å². The molecule has 9 heteroatoms. The Kier molecular flexibility index (Phi) is 9.13. The van der Waals surface area contributed by atoms with Crippen LogP contribution in [0.2, 0.25) is 5.02 Å². The van der Waals surface area contributed by atoms with Crippen molar-refractivity contribution in [3.8, 4) is 5.75 Å². The van der Waals surface area contributed by atoms with E-state index in [0.29, 0.717) is 12.4 Å². The molecule has 0 aromatic heterocycles. The van der Waals surface area contributed by atoms with Crippen molar-refractivity contribution in [2.45, 2.75) is 37.2 Å². The Morgan fingerprint density at radius 1 is 1.06 bits per heavy atom. The van der Waals surface area contributed by atoms with Gasteiger partial charge in [-0.15, -0.1) is 0 Å². The fourth-order valence-electron chi connectivity index (χ4n) is 3.39. The number of carbonyl (C=O) groups excluding carboxylic acids is 1. The van der Waals surface area contributed by atoms with Gasteiger partial charge < -0.3 is 10.1 Å². The van der Waals surface area contributed by atoms with Crippen molar-refractivity contribution in [3.63, 3.8) is 0 Å². The van der Waals surface area contributed by atoms with E-state index in [-0.39, 0.29) is 22.4 Å². The minimum absolute atomic E-state index is 0.0492. The molecule has 3 rings (SSSR count). The number of benzene rings is 3. The molecule has 6 nitrogen and oxygen atoms in total. The van der Waals surface area contributed by atoms with Crippen LogP contribution in [0.4, 0.5) is 0 Å². The number of rotatable bonds is 10. The number of sulfonamides is 1. The van der Waals surface area contributed by atoms with E-state index in [0.717, 1.165) is 15.6 Å². The number of hydrogen-bond acceptors (Lipinski definition) is 4. The normalized spacial score (nSPS) is 13.2. The van der Waals surface area contributed by atoms with E-state index in [1.54, 1.807) is 0 Å². The van der Waals surface area contributed by atoms with Gasteiger partial charge >= 0.3 is 0 Å². The molecular formula is C25H26BrClN2O4S. The molecule has 2 N–H and O–H groups in total. The lowest BCUT2D eigenvalue weighted by molar-refractivity contribution is -0.123. The molecule has 0 aliphatic rings. The molecular weight excluding hydrogens is 540 g/mol. The lowest BCUT2D eigenvalue weighted by Gasteiger charge is -2.22. The minimum atomic E-state index is -4.04. The SMILES string of the molecule is CCOc1ccc(S(=O)(=O)N[C@H](Cc2ccccc2)C(=O)N[C@@H](C)c2cccc(Br)c2)cc1Cl. The number of nitrogens with one attached hydrogen (secondary N) is 2. The molecule has 0 unspecified atom stereocenters. The molecule has 0 bridgehead atoms. The number of ether oxygens (including phenoxy) is 1. The second-order valence-corrected chi connectivity index (χ2v) is 10.7. The zero-order valence-corrected chi connectivity index (χ0v) is 22.0. The molecule has 0 aliphatic carbocycles. The van der Waals surface area contributed by atoms with Crippen molar-refractivity contribution in [1.82, 2.24) is 10.0 Å². The van der Waals surface area contributed by atoms with Gasteiger partial charge in [0.05, 0.1) is 22.6 Å². The fraction of sp³-hybridized carbons (Fsp3) is 0.240. The first-order valence-corrected chi connectivity index (χ1v) is 13.4. The van der Waals surface area contributed by atoms with E-state index in [1.807, 2.05) is 68.4 Å². The van der Waals surface area contributed by atoms with E-state index < -0.39 is 22.0 Å². The Balaban J connectivity index is 1.85. The van der Waals surface area contributed by atoms with Crippen LogP contribution in [-0.4, -0.2) is 27.0 Å². The third-order valence-corrected chi connectivity index (χ3v) is 7.38. The summed E-state index contributed by atoms with van der Waals surface area (Å²) in [4.78, 5) is 13.2. The Hall–Kier alpha value is -2.39. The third kappa shape index (κ3) is 7.06. The maximum Gasteiger partial charge on any atom is 0.241 e. The van der Waals surface area contributed by atoms with Gasteiger partial charge in [0.15, 0.2) is 0 Å². The standard InChI is InChI=1S/C25H26BrClN2O4S/c1-3-33-24-13-12-21(16-22(24)27)34(31,32)29-23(14-18-8-5-4-6-9-18)25(30)28-17(2)19-10-7-11-20(26)15-19/h4-13,15-17,23,29H,3,14H2,1-2H3,(H,28,30)/t17-,23+/m0/s1. The molecule has 0 fully saturated rings. The Bertz CT molecular complexity index is 1240. The van der Waals surface area contributed by atoms with Gasteiger partial charge in [-0.1, -0.05) is 70.0 Å². The second kappa shape index (κ2) is 11.8. The molecule has 3 aromatic rings. The molecule has 34 heavy (non-hydrogen) atoms. The number of carbonyl (C=O) groups is 1. The van der Waals surface area contributed by atoms with Gasteiger partial charge in [0.2, 0.25) is 15.9 Å². The molecule has 1 amide bonds. The molecule has 180 valence electrons. The Labute approximate surface area is 213 Å². The van der Waals surface area contributed by atoms with Gasteiger partial charge in [-0.05, 0) is 61.7 Å².